The molecule has 0 radical (unpaired) electrons. The van der Waals surface area contributed by atoms with Gasteiger partial charge in [-0.25, -0.2) is 9.97 Å². The number of anilines is 2. The molecule has 0 aliphatic heterocycles. The van der Waals surface area contributed by atoms with Crippen molar-refractivity contribution in [2.24, 2.45) is 0 Å². The standard InChI is InChI=1S/C14H14N6/c1-9-7-13(18-12-8-16-20-10(12)2)19-14(17-9)11-3-5-15-6-4-11/h3-8H,1-2H3,(H,16,20)(H,17,18,19). The first kappa shape index (κ1) is 12.3. The molecule has 6 nitrogen and oxygen atoms in total. The molecule has 0 aromatic carbocycles. The number of aromatic nitrogens is 5. The molecule has 20 heavy (non-hydrogen) atoms. The van der Waals surface area contributed by atoms with Crippen molar-refractivity contribution in [1.29, 1.82) is 0 Å². The highest BCUT2D eigenvalue weighted by Crippen LogP contribution is 2.20. The third-order valence-corrected chi connectivity index (χ3v) is 2.89. The lowest BCUT2D eigenvalue weighted by Gasteiger charge is -2.07. The van der Waals surface area contributed by atoms with Crippen LogP contribution in [0.3, 0.4) is 0 Å². The topological polar surface area (TPSA) is 79.4 Å². The summed E-state index contributed by atoms with van der Waals surface area (Å²) in [5, 5.41) is 10.1. The van der Waals surface area contributed by atoms with Crippen LogP contribution in [0.5, 0.6) is 0 Å². The smallest absolute Gasteiger partial charge is 0.161 e. The molecule has 0 amide bonds. The van der Waals surface area contributed by atoms with Gasteiger partial charge in [-0.2, -0.15) is 5.10 Å². The Kier molecular flexibility index (Phi) is 3.12. The highest BCUT2D eigenvalue weighted by atomic mass is 15.1. The molecule has 0 fully saturated rings. The number of nitrogens with one attached hydrogen (secondary N) is 2. The van der Waals surface area contributed by atoms with Gasteiger partial charge in [-0.1, -0.05) is 0 Å². The zero-order chi connectivity index (χ0) is 13.9. The molecule has 0 saturated carbocycles. The van der Waals surface area contributed by atoms with Gasteiger partial charge in [0.25, 0.3) is 0 Å². The van der Waals surface area contributed by atoms with E-state index in [2.05, 4.69) is 30.5 Å². The summed E-state index contributed by atoms with van der Waals surface area (Å²) in [7, 11) is 0. The van der Waals surface area contributed by atoms with Crippen LogP contribution >= 0.6 is 0 Å². The van der Waals surface area contributed by atoms with E-state index in [0.717, 1.165) is 28.5 Å². The third-order valence-electron chi connectivity index (χ3n) is 2.89. The van der Waals surface area contributed by atoms with Crippen LogP contribution in [0.4, 0.5) is 11.5 Å². The number of hydrogen-bond donors (Lipinski definition) is 2. The maximum absolute atomic E-state index is 4.53. The van der Waals surface area contributed by atoms with Crippen LogP contribution in [-0.4, -0.2) is 25.1 Å². The maximum atomic E-state index is 4.53. The summed E-state index contributed by atoms with van der Waals surface area (Å²) in [6.45, 7) is 3.90. The summed E-state index contributed by atoms with van der Waals surface area (Å²) >= 11 is 0. The van der Waals surface area contributed by atoms with E-state index in [1.807, 2.05) is 32.0 Å². The van der Waals surface area contributed by atoms with E-state index in [0.29, 0.717) is 5.82 Å². The van der Waals surface area contributed by atoms with Crippen molar-refractivity contribution in [2.45, 2.75) is 13.8 Å². The Morgan fingerprint density at radius 1 is 1.10 bits per heavy atom. The van der Waals surface area contributed by atoms with Crippen molar-refractivity contribution in [3.8, 4) is 11.4 Å². The summed E-state index contributed by atoms with van der Waals surface area (Å²) in [6.07, 6.45) is 5.20. The van der Waals surface area contributed by atoms with Crippen LogP contribution in [0.2, 0.25) is 0 Å². The van der Waals surface area contributed by atoms with Gasteiger partial charge in [0.1, 0.15) is 5.82 Å². The molecule has 0 saturated heterocycles. The molecule has 0 aliphatic carbocycles. The number of rotatable bonds is 3. The quantitative estimate of drug-likeness (QED) is 0.761. The minimum Gasteiger partial charge on any atom is -0.337 e. The lowest BCUT2D eigenvalue weighted by Crippen LogP contribution is -1.99. The Balaban J connectivity index is 1.97. The number of pyridine rings is 1. The molecule has 0 spiro atoms. The molecule has 3 aromatic rings. The molecule has 2 N–H and O–H groups in total. The van der Waals surface area contributed by atoms with Crippen LogP contribution in [0.25, 0.3) is 11.4 Å². The zero-order valence-corrected chi connectivity index (χ0v) is 11.3. The summed E-state index contributed by atoms with van der Waals surface area (Å²) in [5.74, 6) is 1.42. The number of H-pyrrole nitrogens is 1. The van der Waals surface area contributed by atoms with Gasteiger partial charge in [-0.3, -0.25) is 10.1 Å². The van der Waals surface area contributed by atoms with Crippen molar-refractivity contribution in [1.82, 2.24) is 25.1 Å². The van der Waals surface area contributed by atoms with Crippen molar-refractivity contribution in [3.63, 3.8) is 0 Å². The van der Waals surface area contributed by atoms with Crippen LogP contribution in [0, 0.1) is 13.8 Å². The monoisotopic (exact) mass is 266 g/mol. The predicted octanol–water partition coefficient (Wildman–Crippen LogP) is 2.62. The second-order valence-corrected chi connectivity index (χ2v) is 4.49. The van der Waals surface area contributed by atoms with Gasteiger partial charge in [0.05, 0.1) is 17.6 Å². The van der Waals surface area contributed by atoms with Crippen LogP contribution in [0.1, 0.15) is 11.4 Å². The first-order chi connectivity index (χ1) is 9.72. The second kappa shape index (κ2) is 5.08. The molecular formula is C14H14N6. The summed E-state index contributed by atoms with van der Waals surface area (Å²) in [4.78, 5) is 13.0. The van der Waals surface area contributed by atoms with Gasteiger partial charge >= 0.3 is 0 Å². The highest BCUT2D eigenvalue weighted by Gasteiger charge is 2.07. The van der Waals surface area contributed by atoms with E-state index >= 15 is 0 Å². The predicted molar refractivity (Wildman–Crippen MR) is 76.6 cm³/mol. The van der Waals surface area contributed by atoms with Gasteiger partial charge < -0.3 is 5.32 Å². The third kappa shape index (κ3) is 2.49. The highest BCUT2D eigenvalue weighted by molar-refractivity contribution is 5.62. The zero-order valence-electron chi connectivity index (χ0n) is 11.3. The lowest BCUT2D eigenvalue weighted by atomic mass is 10.2. The molecule has 0 aliphatic rings. The Morgan fingerprint density at radius 3 is 2.60 bits per heavy atom. The SMILES string of the molecule is Cc1cc(Nc2cn[nH]c2C)nc(-c2ccncc2)n1. The number of aryl methyl sites for hydroxylation is 2. The molecule has 3 rings (SSSR count). The summed E-state index contributed by atoms with van der Waals surface area (Å²) < 4.78 is 0. The van der Waals surface area contributed by atoms with Crippen LogP contribution < -0.4 is 5.32 Å². The minimum absolute atomic E-state index is 0.677. The fourth-order valence-corrected chi connectivity index (χ4v) is 1.88. The van der Waals surface area contributed by atoms with Crippen molar-refractivity contribution >= 4 is 11.5 Å². The number of hydrogen-bond acceptors (Lipinski definition) is 5. The lowest BCUT2D eigenvalue weighted by molar-refractivity contribution is 1.05. The molecule has 0 unspecified atom stereocenters. The first-order valence-corrected chi connectivity index (χ1v) is 6.25. The average Bonchev–Trinajstić information content (AvgIpc) is 2.85. The van der Waals surface area contributed by atoms with Gasteiger partial charge in [-0.15, -0.1) is 0 Å². The van der Waals surface area contributed by atoms with Crippen molar-refractivity contribution in [3.05, 3.63) is 48.2 Å². The van der Waals surface area contributed by atoms with Crippen LogP contribution in [0.15, 0.2) is 36.8 Å². The molecule has 100 valence electrons. The van der Waals surface area contributed by atoms with E-state index < -0.39 is 0 Å². The number of nitrogens with zero attached hydrogens (tertiary/aromatic N) is 4. The molecule has 0 atom stereocenters. The molecule has 3 aromatic heterocycles. The van der Waals surface area contributed by atoms with E-state index in [4.69, 9.17) is 0 Å². The second-order valence-electron chi connectivity index (χ2n) is 4.49. The summed E-state index contributed by atoms with van der Waals surface area (Å²) in [6, 6.07) is 5.68. The molecular weight excluding hydrogens is 252 g/mol. The average molecular weight is 266 g/mol. The minimum atomic E-state index is 0.677. The fourth-order valence-electron chi connectivity index (χ4n) is 1.88. The van der Waals surface area contributed by atoms with E-state index in [9.17, 15) is 0 Å². The Hall–Kier alpha value is -2.76. The Morgan fingerprint density at radius 2 is 1.90 bits per heavy atom. The van der Waals surface area contributed by atoms with Gasteiger partial charge in [0, 0.05) is 29.7 Å². The van der Waals surface area contributed by atoms with Crippen molar-refractivity contribution in [2.75, 3.05) is 5.32 Å². The normalized spacial score (nSPS) is 10.5. The van der Waals surface area contributed by atoms with E-state index in [1.165, 1.54) is 0 Å². The van der Waals surface area contributed by atoms with Crippen LogP contribution in [-0.2, 0) is 0 Å². The maximum Gasteiger partial charge on any atom is 0.161 e. The van der Waals surface area contributed by atoms with E-state index in [1.54, 1.807) is 18.6 Å². The Labute approximate surface area is 116 Å². The molecule has 6 heteroatoms. The first-order valence-electron chi connectivity index (χ1n) is 6.25. The van der Waals surface area contributed by atoms with Gasteiger partial charge in [0.15, 0.2) is 5.82 Å². The number of aromatic amines is 1. The van der Waals surface area contributed by atoms with E-state index in [-0.39, 0.29) is 0 Å². The largest absolute Gasteiger partial charge is 0.337 e. The molecule has 0 bridgehead atoms. The summed E-state index contributed by atoms with van der Waals surface area (Å²) in [5.41, 5.74) is 3.71. The fraction of sp³-hybridized carbons (Fsp3) is 0.143. The van der Waals surface area contributed by atoms with Gasteiger partial charge in [0.2, 0.25) is 0 Å². The van der Waals surface area contributed by atoms with Gasteiger partial charge in [-0.05, 0) is 26.0 Å². The Bertz CT molecular complexity index is 720. The molecule has 3 heterocycles. The van der Waals surface area contributed by atoms with Crippen molar-refractivity contribution < 1.29 is 0 Å².